The summed E-state index contributed by atoms with van der Waals surface area (Å²) in [5.41, 5.74) is 5.12. The molecule has 11 heavy (non-hydrogen) atoms. The lowest BCUT2D eigenvalue weighted by atomic mass is 10.0. The summed E-state index contributed by atoms with van der Waals surface area (Å²) in [7, 11) is 1.11. The monoisotopic (exact) mass is 167 g/mol. The van der Waals surface area contributed by atoms with E-state index in [1.165, 1.54) is 6.92 Å². The smallest absolute Gasteiger partial charge is 0.323 e. The molecule has 0 aromatic carbocycles. The molecule has 0 aliphatic rings. The third kappa shape index (κ3) is 2.80. The molecule has 0 saturated carbocycles. The van der Waals surface area contributed by atoms with Crippen LogP contribution in [0.4, 0.5) is 8.78 Å². The summed E-state index contributed by atoms with van der Waals surface area (Å²) in [6.45, 7) is 1.20. The number of hydrogen-bond acceptors (Lipinski definition) is 3. The molecule has 2 atom stereocenters. The number of esters is 1. The van der Waals surface area contributed by atoms with Crippen LogP contribution in [0.15, 0.2) is 0 Å². The number of nitrogens with two attached hydrogens (primary N) is 1. The van der Waals surface area contributed by atoms with Gasteiger partial charge in [0.25, 0.3) is 0 Å². The fraction of sp³-hybridized carbons (Fsp3) is 0.833. The Bertz CT molecular complexity index is 141. The Morgan fingerprint density at radius 3 is 2.27 bits per heavy atom. The van der Waals surface area contributed by atoms with Crippen LogP contribution in [0, 0.1) is 5.92 Å². The zero-order chi connectivity index (χ0) is 9.02. The van der Waals surface area contributed by atoms with Crippen molar-refractivity contribution in [2.75, 3.05) is 7.11 Å². The van der Waals surface area contributed by atoms with Gasteiger partial charge >= 0.3 is 5.97 Å². The van der Waals surface area contributed by atoms with Crippen molar-refractivity contribution in [3.8, 4) is 0 Å². The van der Waals surface area contributed by atoms with Crippen molar-refractivity contribution in [1.82, 2.24) is 0 Å². The molecule has 0 aromatic rings. The first-order valence-corrected chi connectivity index (χ1v) is 3.12. The van der Waals surface area contributed by atoms with E-state index >= 15 is 0 Å². The summed E-state index contributed by atoms with van der Waals surface area (Å²) in [5, 5.41) is 0. The number of rotatable bonds is 3. The minimum atomic E-state index is -2.59. The third-order valence-electron chi connectivity index (χ3n) is 1.44. The first kappa shape index (κ1) is 10.3. The molecule has 0 heterocycles. The van der Waals surface area contributed by atoms with Crippen molar-refractivity contribution in [3.05, 3.63) is 0 Å². The molecule has 0 unspecified atom stereocenters. The fourth-order valence-corrected chi connectivity index (χ4v) is 0.507. The molecule has 2 N–H and O–H groups in total. The van der Waals surface area contributed by atoms with Gasteiger partial charge in [-0.1, -0.05) is 6.92 Å². The highest BCUT2D eigenvalue weighted by molar-refractivity contribution is 5.75. The van der Waals surface area contributed by atoms with E-state index in [9.17, 15) is 13.6 Å². The first-order chi connectivity index (χ1) is 5.00. The largest absolute Gasteiger partial charge is 0.468 e. The van der Waals surface area contributed by atoms with E-state index in [-0.39, 0.29) is 0 Å². The highest BCUT2D eigenvalue weighted by Gasteiger charge is 2.28. The van der Waals surface area contributed by atoms with E-state index in [2.05, 4.69) is 4.74 Å². The number of hydrogen-bond donors (Lipinski definition) is 1. The van der Waals surface area contributed by atoms with Crippen LogP contribution in [-0.2, 0) is 9.53 Å². The Hall–Kier alpha value is -0.710. The van der Waals surface area contributed by atoms with Gasteiger partial charge in [0.15, 0.2) is 0 Å². The molecular weight excluding hydrogens is 156 g/mol. The van der Waals surface area contributed by atoms with Crippen molar-refractivity contribution >= 4 is 5.97 Å². The summed E-state index contributed by atoms with van der Waals surface area (Å²) < 4.78 is 28.0. The lowest BCUT2D eigenvalue weighted by Crippen LogP contribution is -2.40. The number of halogens is 2. The number of ether oxygens (including phenoxy) is 1. The van der Waals surface area contributed by atoms with E-state index in [1.807, 2.05) is 0 Å². The lowest BCUT2D eigenvalue weighted by Gasteiger charge is -2.15. The average molecular weight is 167 g/mol. The molecule has 0 aromatic heterocycles. The highest BCUT2D eigenvalue weighted by Crippen LogP contribution is 2.12. The average Bonchev–Trinajstić information content (AvgIpc) is 2.00. The normalized spacial score (nSPS) is 16.2. The maximum atomic E-state index is 11.9. The molecule has 0 radical (unpaired) electrons. The molecule has 0 aliphatic carbocycles. The Morgan fingerprint density at radius 1 is 1.55 bits per heavy atom. The van der Waals surface area contributed by atoms with Gasteiger partial charge in [0, 0.05) is 5.92 Å². The fourth-order valence-electron chi connectivity index (χ4n) is 0.507. The Balaban J connectivity index is 4.01. The van der Waals surface area contributed by atoms with Gasteiger partial charge in [-0.2, -0.15) is 0 Å². The SMILES string of the molecule is COC(=O)[C@@H](N)[C@@H](C)C(F)F. The summed E-state index contributed by atoms with van der Waals surface area (Å²) in [6.07, 6.45) is -2.59. The predicted octanol–water partition coefficient (Wildman–Crippen LogP) is 0.388. The quantitative estimate of drug-likeness (QED) is 0.618. The van der Waals surface area contributed by atoms with Crippen LogP contribution in [0.2, 0.25) is 0 Å². The Kier molecular flexibility index (Phi) is 3.95. The van der Waals surface area contributed by atoms with Crippen LogP contribution in [0.5, 0.6) is 0 Å². The number of methoxy groups -OCH3 is 1. The second-order valence-corrected chi connectivity index (χ2v) is 2.24. The van der Waals surface area contributed by atoms with Gasteiger partial charge in [-0.15, -0.1) is 0 Å². The summed E-state index contributed by atoms with van der Waals surface area (Å²) in [4.78, 5) is 10.6. The second-order valence-electron chi connectivity index (χ2n) is 2.24. The van der Waals surface area contributed by atoms with Gasteiger partial charge in [-0.3, -0.25) is 4.79 Å². The van der Waals surface area contributed by atoms with Gasteiger partial charge in [-0.05, 0) is 0 Å². The Morgan fingerprint density at radius 2 is 2.00 bits per heavy atom. The third-order valence-corrected chi connectivity index (χ3v) is 1.44. The van der Waals surface area contributed by atoms with Crippen molar-refractivity contribution in [3.63, 3.8) is 0 Å². The van der Waals surface area contributed by atoms with Gasteiger partial charge in [0.2, 0.25) is 6.43 Å². The second kappa shape index (κ2) is 4.23. The molecule has 0 fully saturated rings. The van der Waals surface area contributed by atoms with Crippen LogP contribution < -0.4 is 5.73 Å². The lowest BCUT2D eigenvalue weighted by molar-refractivity contribution is -0.145. The molecule has 0 spiro atoms. The number of carbonyl (C=O) groups excluding carboxylic acids is 1. The summed E-state index contributed by atoms with van der Waals surface area (Å²) in [5.74, 6) is -1.97. The predicted molar refractivity (Wildman–Crippen MR) is 35.2 cm³/mol. The van der Waals surface area contributed by atoms with Crippen LogP contribution in [0.25, 0.3) is 0 Å². The molecule has 66 valence electrons. The minimum absolute atomic E-state index is 0.808. The zero-order valence-electron chi connectivity index (χ0n) is 6.38. The summed E-state index contributed by atoms with van der Waals surface area (Å²) >= 11 is 0. The van der Waals surface area contributed by atoms with Crippen molar-refractivity contribution < 1.29 is 18.3 Å². The van der Waals surface area contributed by atoms with Crippen molar-refractivity contribution in [2.45, 2.75) is 19.4 Å². The molecule has 0 rings (SSSR count). The van der Waals surface area contributed by atoms with E-state index in [4.69, 9.17) is 5.73 Å². The van der Waals surface area contributed by atoms with E-state index in [0.717, 1.165) is 7.11 Å². The Labute approximate surface area is 63.5 Å². The maximum absolute atomic E-state index is 11.9. The maximum Gasteiger partial charge on any atom is 0.323 e. The van der Waals surface area contributed by atoms with E-state index in [1.54, 1.807) is 0 Å². The molecular formula is C6H11F2NO2. The van der Waals surface area contributed by atoms with E-state index < -0.39 is 24.4 Å². The van der Waals surface area contributed by atoms with Crippen LogP contribution in [-0.4, -0.2) is 25.5 Å². The van der Waals surface area contributed by atoms with Crippen LogP contribution in [0.1, 0.15) is 6.92 Å². The molecule has 0 bridgehead atoms. The minimum Gasteiger partial charge on any atom is -0.468 e. The highest BCUT2D eigenvalue weighted by atomic mass is 19.3. The number of alkyl halides is 2. The van der Waals surface area contributed by atoms with Crippen molar-refractivity contribution in [1.29, 1.82) is 0 Å². The number of carbonyl (C=O) groups is 1. The molecule has 0 amide bonds. The molecule has 0 aliphatic heterocycles. The van der Waals surface area contributed by atoms with E-state index in [0.29, 0.717) is 0 Å². The molecule has 5 heteroatoms. The van der Waals surface area contributed by atoms with Crippen molar-refractivity contribution in [2.24, 2.45) is 11.7 Å². The van der Waals surface area contributed by atoms with Gasteiger partial charge < -0.3 is 10.5 Å². The van der Waals surface area contributed by atoms with Gasteiger partial charge in [-0.25, -0.2) is 8.78 Å². The van der Waals surface area contributed by atoms with Gasteiger partial charge in [0.05, 0.1) is 7.11 Å². The van der Waals surface area contributed by atoms with Crippen LogP contribution in [0.3, 0.4) is 0 Å². The van der Waals surface area contributed by atoms with Crippen LogP contribution >= 0.6 is 0 Å². The van der Waals surface area contributed by atoms with Gasteiger partial charge in [0.1, 0.15) is 6.04 Å². The first-order valence-electron chi connectivity index (χ1n) is 3.12. The standard InChI is InChI=1S/C6H11F2NO2/c1-3(5(7)8)4(9)6(10)11-2/h3-5H,9H2,1-2H3/t3-,4+/m1/s1. The molecule has 0 saturated heterocycles. The zero-order valence-corrected chi connectivity index (χ0v) is 6.38. The molecule has 3 nitrogen and oxygen atoms in total. The topological polar surface area (TPSA) is 52.3 Å². The summed E-state index contributed by atoms with van der Waals surface area (Å²) in [6, 6.07) is -1.24.